The molecular weight excluding hydrogens is 463 g/mol. The first-order valence-electron chi connectivity index (χ1n) is 12.3. The molecule has 3 amide bonds. The Morgan fingerprint density at radius 3 is 2.22 bits per heavy atom. The second kappa shape index (κ2) is 15.5. The lowest BCUT2D eigenvalue weighted by Crippen LogP contribution is -2.56. The van der Waals surface area contributed by atoms with E-state index in [0.717, 1.165) is 18.4 Å². The van der Waals surface area contributed by atoms with Crippen molar-refractivity contribution in [2.45, 2.75) is 65.1 Å². The fourth-order valence-electron chi connectivity index (χ4n) is 3.45. The Kier molecular flexibility index (Phi) is 12.4. The fraction of sp³-hybridized carbons (Fsp3) is 0.444. The van der Waals surface area contributed by atoms with Crippen molar-refractivity contribution >= 4 is 17.9 Å². The number of nitrogens with one attached hydrogen (secondary N) is 4. The lowest BCUT2D eigenvalue weighted by molar-refractivity contribution is -0.130. The number of benzene rings is 2. The average Bonchev–Trinajstić information content (AvgIpc) is 2.86. The Bertz CT molecular complexity index is 954. The summed E-state index contributed by atoms with van der Waals surface area (Å²) < 4.78 is 18.6. The van der Waals surface area contributed by atoms with Crippen LogP contribution < -0.4 is 21.5 Å². The van der Waals surface area contributed by atoms with Gasteiger partial charge in [0.1, 0.15) is 24.5 Å². The Hall–Kier alpha value is -3.46. The number of carbonyl (C=O) groups is 3. The summed E-state index contributed by atoms with van der Waals surface area (Å²) in [5.74, 6) is -1.17. The van der Waals surface area contributed by atoms with Crippen LogP contribution in [0.3, 0.4) is 0 Å². The maximum atomic E-state index is 13.4. The van der Waals surface area contributed by atoms with Crippen LogP contribution in [0.15, 0.2) is 54.6 Å². The second-order valence-corrected chi connectivity index (χ2v) is 9.05. The van der Waals surface area contributed by atoms with Gasteiger partial charge in [-0.2, -0.15) is 0 Å². The molecule has 0 aliphatic heterocycles. The number of hydrogen-bond donors (Lipinski definition) is 4. The number of rotatable bonds is 14. The molecule has 0 radical (unpaired) electrons. The van der Waals surface area contributed by atoms with Crippen molar-refractivity contribution in [3.63, 3.8) is 0 Å². The molecule has 2 aromatic rings. The molecule has 9 heteroatoms. The van der Waals surface area contributed by atoms with Gasteiger partial charge < -0.3 is 15.4 Å². The normalized spacial score (nSPS) is 12.5. The monoisotopic (exact) mass is 500 g/mol. The molecule has 0 fully saturated rings. The summed E-state index contributed by atoms with van der Waals surface area (Å²) in [5.41, 5.74) is 6.97. The molecular formula is C27H37FN4O4. The minimum atomic E-state index is -1.03. The molecule has 0 aliphatic carbocycles. The Morgan fingerprint density at radius 1 is 0.889 bits per heavy atom. The van der Waals surface area contributed by atoms with Crippen LogP contribution in [0.2, 0.25) is 0 Å². The minimum Gasteiger partial charge on any atom is -0.445 e. The van der Waals surface area contributed by atoms with Crippen LogP contribution in [0, 0.1) is 11.7 Å². The van der Waals surface area contributed by atoms with Crippen LogP contribution in [0.4, 0.5) is 9.18 Å². The van der Waals surface area contributed by atoms with Crippen LogP contribution >= 0.6 is 0 Å². The van der Waals surface area contributed by atoms with Crippen molar-refractivity contribution < 1.29 is 23.5 Å². The summed E-state index contributed by atoms with van der Waals surface area (Å²) >= 11 is 0. The molecule has 196 valence electrons. The molecule has 0 saturated carbocycles. The van der Waals surface area contributed by atoms with Crippen molar-refractivity contribution in [2.24, 2.45) is 5.92 Å². The van der Waals surface area contributed by atoms with E-state index in [9.17, 15) is 18.8 Å². The van der Waals surface area contributed by atoms with Crippen LogP contribution in [0.25, 0.3) is 0 Å². The van der Waals surface area contributed by atoms with Crippen LogP contribution in [-0.2, 0) is 27.4 Å². The summed E-state index contributed by atoms with van der Waals surface area (Å²) in [7, 11) is 0. The molecule has 2 rings (SSSR count). The van der Waals surface area contributed by atoms with E-state index in [1.165, 1.54) is 12.1 Å². The summed E-state index contributed by atoms with van der Waals surface area (Å²) in [6, 6.07) is 13.0. The first-order chi connectivity index (χ1) is 17.3. The lowest BCUT2D eigenvalue weighted by atomic mass is 10.0. The van der Waals surface area contributed by atoms with Crippen LogP contribution in [-0.4, -0.2) is 36.5 Å². The Morgan fingerprint density at radius 2 is 1.58 bits per heavy atom. The molecule has 0 heterocycles. The van der Waals surface area contributed by atoms with Gasteiger partial charge in [-0.3, -0.25) is 15.0 Å². The predicted octanol–water partition coefficient (Wildman–Crippen LogP) is 3.62. The van der Waals surface area contributed by atoms with E-state index in [2.05, 4.69) is 21.5 Å². The lowest BCUT2D eigenvalue weighted by Gasteiger charge is -2.24. The van der Waals surface area contributed by atoms with Gasteiger partial charge in [0.15, 0.2) is 0 Å². The number of hydrogen-bond acceptors (Lipinski definition) is 5. The molecule has 0 unspecified atom stereocenters. The zero-order chi connectivity index (χ0) is 26.3. The Balaban J connectivity index is 2.09. The third kappa shape index (κ3) is 10.9. The van der Waals surface area contributed by atoms with E-state index < -0.39 is 29.9 Å². The van der Waals surface area contributed by atoms with Gasteiger partial charge in [-0.1, -0.05) is 69.7 Å². The van der Waals surface area contributed by atoms with E-state index in [-0.39, 0.29) is 24.9 Å². The van der Waals surface area contributed by atoms with Gasteiger partial charge in [-0.15, -0.1) is 0 Å². The van der Waals surface area contributed by atoms with Crippen LogP contribution in [0.5, 0.6) is 0 Å². The van der Waals surface area contributed by atoms with Gasteiger partial charge >= 0.3 is 6.09 Å². The molecule has 2 atom stereocenters. The zero-order valence-electron chi connectivity index (χ0n) is 21.2. The first-order valence-corrected chi connectivity index (χ1v) is 12.3. The second-order valence-electron chi connectivity index (χ2n) is 9.05. The highest BCUT2D eigenvalue weighted by Gasteiger charge is 2.28. The van der Waals surface area contributed by atoms with Gasteiger partial charge in [0.2, 0.25) is 5.91 Å². The largest absolute Gasteiger partial charge is 0.445 e. The van der Waals surface area contributed by atoms with E-state index in [1.807, 2.05) is 51.1 Å². The average molecular weight is 501 g/mol. The summed E-state index contributed by atoms with van der Waals surface area (Å²) in [6.07, 6.45) is 1.61. The SMILES string of the molecule is CCCCNNC(=O)[C@H](CC(C)C)NC(=O)[C@H](Cc1ccc(F)cc1)NC(=O)OCc1ccccc1. The van der Waals surface area contributed by atoms with E-state index >= 15 is 0 Å². The van der Waals surface area contributed by atoms with Crippen molar-refractivity contribution in [3.05, 3.63) is 71.5 Å². The van der Waals surface area contributed by atoms with Crippen molar-refractivity contribution in [3.8, 4) is 0 Å². The third-order valence-corrected chi connectivity index (χ3v) is 5.38. The maximum absolute atomic E-state index is 13.4. The standard InChI is InChI=1S/C27H37FN4O4/c1-4-5-15-29-32-26(34)23(16-19(2)3)30-25(33)24(17-20-11-13-22(28)14-12-20)31-27(35)36-18-21-9-7-6-8-10-21/h6-14,19,23-24,29H,4-5,15-18H2,1-3H3,(H,30,33)(H,31,35)(H,32,34)/t23-,24-/m0/s1. The van der Waals surface area contributed by atoms with E-state index in [0.29, 0.717) is 18.5 Å². The zero-order valence-corrected chi connectivity index (χ0v) is 21.2. The number of alkyl carbamates (subject to hydrolysis) is 1. The Labute approximate surface area is 212 Å². The highest BCUT2D eigenvalue weighted by molar-refractivity contribution is 5.91. The highest BCUT2D eigenvalue weighted by atomic mass is 19.1. The van der Waals surface area contributed by atoms with Gasteiger partial charge in [-0.25, -0.2) is 14.6 Å². The van der Waals surface area contributed by atoms with Gasteiger partial charge in [0.25, 0.3) is 5.91 Å². The number of hydrazine groups is 1. The van der Waals surface area contributed by atoms with Gasteiger partial charge in [0, 0.05) is 13.0 Å². The fourth-order valence-corrected chi connectivity index (χ4v) is 3.45. The molecule has 0 spiro atoms. The summed E-state index contributed by atoms with van der Waals surface area (Å²) in [5, 5.41) is 5.36. The molecule has 0 bridgehead atoms. The molecule has 8 nitrogen and oxygen atoms in total. The van der Waals surface area contributed by atoms with Gasteiger partial charge in [0.05, 0.1) is 0 Å². The van der Waals surface area contributed by atoms with E-state index in [1.54, 1.807) is 12.1 Å². The first kappa shape index (κ1) is 28.8. The summed E-state index contributed by atoms with van der Waals surface area (Å²) in [4.78, 5) is 38.5. The minimum absolute atomic E-state index is 0.0410. The number of halogens is 1. The summed E-state index contributed by atoms with van der Waals surface area (Å²) in [6.45, 7) is 6.61. The number of carbonyl (C=O) groups excluding carboxylic acids is 3. The van der Waals surface area contributed by atoms with Crippen molar-refractivity contribution in [2.75, 3.05) is 6.54 Å². The van der Waals surface area contributed by atoms with Crippen molar-refractivity contribution in [1.82, 2.24) is 21.5 Å². The number of ether oxygens (including phenoxy) is 1. The quantitative estimate of drug-likeness (QED) is 0.234. The molecule has 0 aromatic heterocycles. The van der Waals surface area contributed by atoms with Crippen molar-refractivity contribution in [1.29, 1.82) is 0 Å². The molecule has 36 heavy (non-hydrogen) atoms. The maximum Gasteiger partial charge on any atom is 0.408 e. The predicted molar refractivity (Wildman–Crippen MR) is 136 cm³/mol. The molecule has 4 N–H and O–H groups in total. The van der Waals surface area contributed by atoms with Gasteiger partial charge in [-0.05, 0) is 42.0 Å². The third-order valence-electron chi connectivity index (χ3n) is 5.38. The molecule has 0 aliphatic rings. The van der Waals surface area contributed by atoms with E-state index in [4.69, 9.17) is 4.74 Å². The smallest absolute Gasteiger partial charge is 0.408 e. The molecule has 2 aromatic carbocycles. The number of unbranched alkanes of at least 4 members (excludes halogenated alkanes) is 1. The van der Waals surface area contributed by atoms with Crippen LogP contribution in [0.1, 0.15) is 51.2 Å². The molecule has 0 saturated heterocycles. The highest BCUT2D eigenvalue weighted by Crippen LogP contribution is 2.10. The topological polar surface area (TPSA) is 109 Å². The number of amides is 3.